The van der Waals surface area contributed by atoms with Crippen molar-refractivity contribution in [2.75, 3.05) is 14.1 Å². The molecule has 0 aliphatic rings. The summed E-state index contributed by atoms with van der Waals surface area (Å²) in [6.45, 7) is 0. The van der Waals surface area contributed by atoms with Gasteiger partial charge in [0, 0.05) is 32.7 Å². The summed E-state index contributed by atoms with van der Waals surface area (Å²) in [6, 6.07) is 0. The van der Waals surface area contributed by atoms with Crippen molar-refractivity contribution in [3.8, 4) is 0 Å². The quantitative estimate of drug-likeness (QED) is 0.554. The molecule has 0 spiro atoms. The Bertz CT molecular complexity index is 130. The van der Waals surface area contributed by atoms with Gasteiger partial charge in [0.2, 0.25) is 0 Å². The first-order valence-electron chi connectivity index (χ1n) is 2.97. The summed E-state index contributed by atoms with van der Waals surface area (Å²) in [7, 11) is 3.75. The molecule has 1 radical (unpaired) electrons. The smallest absolute Gasteiger partial charge is 0.0550 e. The van der Waals surface area contributed by atoms with Gasteiger partial charge in [0.15, 0.2) is 0 Å². The van der Waals surface area contributed by atoms with Crippen LogP contribution in [0, 0.1) is 22.8 Å². The second-order valence-electron chi connectivity index (χ2n) is 2.12. The molecular formula is C7H12N3. The molecule has 2 N–H and O–H groups in total. The van der Waals surface area contributed by atoms with E-state index in [1.165, 1.54) is 12.4 Å². The molecule has 3 nitrogen and oxygen atoms in total. The van der Waals surface area contributed by atoms with Crippen molar-refractivity contribution in [2.45, 2.75) is 0 Å². The normalized spacial score (nSPS) is 13.0. The number of nitrogens with zero attached hydrogens (tertiary/aromatic N) is 1. The van der Waals surface area contributed by atoms with Gasteiger partial charge in [0.05, 0.1) is 5.92 Å². The average molecular weight is 138 g/mol. The molecule has 0 aliphatic carbocycles. The third kappa shape index (κ3) is 3.83. The van der Waals surface area contributed by atoms with Crippen LogP contribution in [0.5, 0.6) is 0 Å². The predicted octanol–water partition coefficient (Wildman–Crippen LogP) is 0.780. The summed E-state index contributed by atoms with van der Waals surface area (Å²) in [6.07, 6.45) is 6.89. The minimum atomic E-state index is -0.276. The summed E-state index contributed by atoms with van der Waals surface area (Å²) >= 11 is 0. The lowest BCUT2D eigenvalue weighted by molar-refractivity contribution is 0.558. The van der Waals surface area contributed by atoms with Gasteiger partial charge in [-0.3, -0.25) is 0 Å². The predicted molar refractivity (Wildman–Crippen MR) is 42.6 cm³/mol. The molecule has 0 unspecified atom stereocenters. The first kappa shape index (κ1) is 8.88. The van der Waals surface area contributed by atoms with Gasteiger partial charge in [-0.05, 0) is 6.08 Å². The Morgan fingerprint density at radius 2 is 1.80 bits per heavy atom. The van der Waals surface area contributed by atoms with E-state index in [1.54, 1.807) is 6.20 Å². The van der Waals surface area contributed by atoms with Crippen molar-refractivity contribution in [1.29, 1.82) is 10.8 Å². The fraction of sp³-hybridized carbons (Fsp3) is 0.429. The lowest BCUT2D eigenvalue weighted by atomic mass is 10.2. The van der Waals surface area contributed by atoms with Gasteiger partial charge in [-0.1, -0.05) is 0 Å². The molecule has 55 valence electrons. The van der Waals surface area contributed by atoms with Crippen LogP contribution in [0.25, 0.3) is 0 Å². The molecule has 0 heterocycles. The zero-order valence-corrected chi connectivity index (χ0v) is 6.26. The van der Waals surface area contributed by atoms with E-state index < -0.39 is 0 Å². The Labute approximate surface area is 61.4 Å². The van der Waals surface area contributed by atoms with Crippen LogP contribution in [-0.4, -0.2) is 31.4 Å². The fourth-order valence-corrected chi connectivity index (χ4v) is 0.379. The maximum absolute atomic E-state index is 6.83. The van der Waals surface area contributed by atoms with Crippen molar-refractivity contribution in [2.24, 2.45) is 5.92 Å². The number of rotatable bonds is 4. The van der Waals surface area contributed by atoms with E-state index in [-0.39, 0.29) is 5.92 Å². The molecule has 0 amide bonds. The lowest BCUT2D eigenvalue weighted by Crippen LogP contribution is -2.04. The Morgan fingerprint density at radius 3 is 2.10 bits per heavy atom. The van der Waals surface area contributed by atoms with Gasteiger partial charge in [-0.15, -0.1) is 0 Å². The molecule has 0 rings (SSSR count). The molecule has 0 aromatic carbocycles. The van der Waals surface area contributed by atoms with Gasteiger partial charge in [-0.2, -0.15) is 0 Å². The van der Waals surface area contributed by atoms with Crippen LogP contribution in [0.1, 0.15) is 0 Å². The number of allylic oxidation sites excluding steroid dienone is 1. The Balaban J connectivity index is 3.83. The van der Waals surface area contributed by atoms with Gasteiger partial charge in [0.1, 0.15) is 0 Å². The van der Waals surface area contributed by atoms with E-state index in [0.717, 1.165) is 0 Å². The minimum absolute atomic E-state index is 0.276. The Kier molecular flexibility index (Phi) is 4.20. The van der Waals surface area contributed by atoms with Crippen LogP contribution < -0.4 is 0 Å². The zero-order valence-electron chi connectivity index (χ0n) is 6.26. The lowest BCUT2D eigenvalue weighted by Gasteiger charge is -2.03. The van der Waals surface area contributed by atoms with E-state index in [4.69, 9.17) is 10.8 Å². The van der Waals surface area contributed by atoms with Crippen LogP contribution in [-0.2, 0) is 0 Å². The highest BCUT2D eigenvalue weighted by molar-refractivity contribution is 5.81. The molecule has 0 fully saturated rings. The first-order chi connectivity index (χ1) is 4.70. The molecule has 0 aliphatic heterocycles. The summed E-state index contributed by atoms with van der Waals surface area (Å²) in [5, 5.41) is 13.7. The zero-order chi connectivity index (χ0) is 7.98. The van der Waals surface area contributed by atoms with Gasteiger partial charge in [0.25, 0.3) is 0 Å². The van der Waals surface area contributed by atoms with Crippen molar-refractivity contribution in [3.63, 3.8) is 0 Å². The maximum atomic E-state index is 6.83. The van der Waals surface area contributed by atoms with Crippen LogP contribution in [0.15, 0.2) is 6.20 Å². The third-order valence-electron chi connectivity index (χ3n) is 0.884. The molecule has 0 aromatic heterocycles. The van der Waals surface area contributed by atoms with Crippen molar-refractivity contribution in [3.05, 3.63) is 12.3 Å². The SMILES string of the molecule is CN(C)C=[C]C(C=N)C=N. The van der Waals surface area contributed by atoms with Crippen LogP contribution in [0.2, 0.25) is 0 Å². The van der Waals surface area contributed by atoms with Crippen LogP contribution in [0.4, 0.5) is 0 Å². The number of hydrogen-bond donors (Lipinski definition) is 2. The van der Waals surface area contributed by atoms with E-state index in [1.807, 2.05) is 19.0 Å². The summed E-state index contributed by atoms with van der Waals surface area (Å²) in [5.74, 6) is -0.276. The van der Waals surface area contributed by atoms with Gasteiger partial charge >= 0.3 is 0 Å². The highest BCUT2D eigenvalue weighted by Gasteiger charge is 1.92. The van der Waals surface area contributed by atoms with Gasteiger partial charge in [-0.25, -0.2) is 0 Å². The highest BCUT2D eigenvalue weighted by Crippen LogP contribution is 1.88. The van der Waals surface area contributed by atoms with Crippen molar-refractivity contribution in [1.82, 2.24) is 4.90 Å². The Morgan fingerprint density at radius 1 is 1.30 bits per heavy atom. The Hall–Kier alpha value is -1.12. The number of hydrogen-bond acceptors (Lipinski definition) is 3. The largest absolute Gasteiger partial charge is 0.383 e. The van der Waals surface area contributed by atoms with Crippen LogP contribution >= 0.6 is 0 Å². The first-order valence-corrected chi connectivity index (χ1v) is 2.97. The van der Waals surface area contributed by atoms with E-state index in [2.05, 4.69) is 6.08 Å². The molecule has 3 heteroatoms. The van der Waals surface area contributed by atoms with E-state index in [0.29, 0.717) is 0 Å². The van der Waals surface area contributed by atoms with Crippen LogP contribution in [0.3, 0.4) is 0 Å². The monoisotopic (exact) mass is 138 g/mol. The molecule has 10 heavy (non-hydrogen) atoms. The van der Waals surface area contributed by atoms with Gasteiger partial charge < -0.3 is 15.7 Å². The van der Waals surface area contributed by atoms with E-state index in [9.17, 15) is 0 Å². The third-order valence-corrected chi connectivity index (χ3v) is 0.884. The number of nitrogens with one attached hydrogen (secondary N) is 2. The van der Waals surface area contributed by atoms with Crippen molar-refractivity contribution < 1.29 is 0 Å². The highest BCUT2D eigenvalue weighted by atomic mass is 15.0. The summed E-state index contributed by atoms with van der Waals surface area (Å²) in [4.78, 5) is 1.82. The van der Waals surface area contributed by atoms with Crippen molar-refractivity contribution >= 4 is 12.4 Å². The summed E-state index contributed by atoms with van der Waals surface area (Å²) < 4.78 is 0. The topological polar surface area (TPSA) is 50.9 Å². The fourth-order valence-electron chi connectivity index (χ4n) is 0.379. The minimum Gasteiger partial charge on any atom is -0.383 e. The molecule has 0 bridgehead atoms. The van der Waals surface area contributed by atoms with E-state index >= 15 is 0 Å². The average Bonchev–Trinajstić information content (AvgIpc) is 1.90. The second kappa shape index (κ2) is 4.73. The standard InChI is InChI=1S/C7H12N3/c1-10(2)4-3-7(5-8)6-9/h4-9H,1-2H3. The molecule has 0 aromatic rings. The summed E-state index contributed by atoms with van der Waals surface area (Å²) in [5.41, 5.74) is 0. The second-order valence-corrected chi connectivity index (χ2v) is 2.12. The molecule has 0 atom stereocenters. The molecular weight excluding hydrogens is 126 g/mol. The molecule has 0 saturated heterocycles. The maximum Gasteiger partial charge on any atom is 0.0550 e. The molecule has 0 saturated carbocycles.